The highest BCUT2D eigenvalue weighted by atomic mass is 79.9. The number of benzene rings is 2. The highest BCUT2D eigenvalue weighted by molar-refractivity contribution is 9.10. The normalized spacial score (nSPS) is 17.8. The fourth-order valence-corrected chi connectivity index (χ4v) is 5.76. The van der Waals surface area contributed by atoms with Crippen molar-refractivity contribution < 1.29 is 8.42 Å². The Hall–Kier alpha value is -3.21. The zero-order chi connectivity index (χ0) is 25.4. The van der Waals surface area contributed by atoms with E-state index < -0.39 is 10.0 Å². The van der Waals surface area contributed by atoms with E-state index in [1.54, 1.807) is 12.3 Å². The Morgan fingerprint density at radius 1 is 1.03 bits per heavy atom. The second kappa shape index (κ2) is 9.68. The molecule has 5 rings (SSSR count). The molecule has 0 amide bonds. The van der Waals surface area contributed by atoms with Gasteiger partial charge in [-0.15, -0.1) is 0 Å². The number of hydrogen-bond acceptors (Lipinski definition) is 4. The van der Waals surface area contributed by atoms with Crippen LogP contribution in [0.15, 0.2) is 89.7 Å². The number of aromatic nitrogens is 2. The number of halogens is 1. The van der Waals surface area contributed by atoms with E-state index in [0.29, 0.717) is 10.8 Å². The summed E-state index contributed by atoms with van der Waals surface area (Å²) in [6.07, 6.45) is 4.96. The Kier molecular flexibility index (Phi) is 6.59. The highest BCUT2D eigenvalue weighted by Crippen LogP contribution is 2.43. The van der Waals surface area contributed by atoms with E-state index in [1.807, 2.05) is 61.7 Å². The molecule has 2 N–H and O–H groups in total. The van der Waals surface area contributed by atoms with Crippen LogP contribution in [0, 0.1) is 6.92 Å². The van der Waals surface area contributed by atoms with E-state index in [0.717, 1.165) is 39.1 Å². The molecule has 7 nitrogen and oxygen atoms in total. The van der Waals surface area contributed by atoms with Gasteiger partial charge >= 0.3 is 0 Å². The molecule has 0 aliphatic carbocycles. The van der Waals surface area contributed by atoms with Gasteiger partial charge in [0, 0.05) is 33.9 Å². The van der Waals surface area contributed by atoms with Crippen molar-refractivity contribution in [2.24, 2.45) is 0 Å². The van der Waals surface area contributed by atoms with Gasteiger partial charge in [-0.25, -0.2) is 8.42 Å². The third kappa shape index (κ3) is 4.88. The first-order valence-corrected chi connectivity index (χ1v) is 14.3. The van der Waals surface area contributed by atoms with Crippen LogP contribution in [0.1, 0.15) is 29.0 Å². The summed E-state index contributed by atoms with van der Waals surface area (Å²) in [5.74, 6) is 0. The maximum Gasteiger partial charge on any atom is 0.229 e. The summed E-state index contributed by atoms with van der Waals surface area (Å²) in [6, 6.07) is 23.3. The average molecular weight is 583 g/mol. The van der Waals surface area contributed by atoms with Gasteiger partial charge in [-0.2, -0.15) is 0 Å². The zero-order valence-corrected chi connectivity index (χ0v) is 22.8. The molecule has 1 saturated heterocycles. The first-order chi connectivity index (χ1) is 17.2. The number of nitrogens with zero attached hydrogens (tertiary/aromatic N) is 3. The third-order valence-electron chi connectivity index (χ3n) is 6.07. The molecule has 184 valence electrons. The quantitative estimate of drug-likeness (QED) is 0.293. The minimum atomic E-state index is -3.39. The van der Waals surface area contributed by atoms with E-state index in [4.69, 9.17) is 12.2 Å². The lowest BCUT2D eigenvalue weighted by Crippen LogP contribution is -2.30. The van der Waals surface area contributed by atoms with Gasteiger partial charge in [0.2, 0.25) is 10.0 Å². The first kappa shape index (κ1) is 24.5. The maximum absolute atomic E-state index is 11.8. The lowest BCUT2D eigenvalue weighted by Gasteiger charge is -2.29. The van der Waals surface area contributed by atoms with Gasteiger partial charge in [-0.3, -0.25) is 9.71 Å². The third-order valence-corrected chi connectivity index (χ3v) is 7.50. The predicted octanol–water partition coefficient (Wildman–Crippen LogP) is 5.49. The lowest BCUT2D eigenvalue weighted by atomic mass is 10.0. The SMILES string of the molecule is Cc1cc(N2C(=S)N[C@H](c3ccccn3)[C@@H]2c2cccn2-c2ccc(Br)cc2)ccc1NS(C)(=O)=O. The monoisotopic (exact) mass is 581 g/mol. The van der Waals surface area contributed by atoms with Crippen LogP contribution >= 0.6 is 28.1 Å². The molecule has 2 aromatic heterocycles. The second-order valence-corrected chi connectivity index (χ2v) is 11.7. The van der Waals surface area contributed by atoms with Crippen LogP contribution in [0.4, 0.5) is 11.4 Å². The Morgan fingerprint density at radius 2 is 1.78 bits per heavy atom. The van der Waals surface area contributed by atoms with Crippen LogP contribution in [0.3, 0.4) is 0 Å². The number of anilines is 2. The number of nitrogens with one attached hydrogen (secondary N) is 2. The van der Waals surface area contributed by atoms with Crippen LogP contribution in [-0.2, 0) is 10.0 Å². The Morgan fingerprint density at radius 3 is 2.44 bits per heavy atom. The summed E-state index contributed by atoms with van der Waals surface area (Å²) in [4.78, 5) is 6.71. The van der Waals surface area contributed by atoms with Crippen molar-refractivity contribution in [1.82, 2.24) is 14.9 Å². The van der Waals surface area contributed by atoms with Gasteiger partial charge in [-0.1, -0.05) is 22.0 Å². The van der Waals surface area contributed by atoms with Crippen LogP contribution in [-0.4, -0.2) is 29.3 Å². The number of thiocarbonyl (C=S) groups is 1. The van der Waals surface area contributed by atoms with E-state index >= 15 is 0 Å². The van der Waals surface area contributed by atoms with Crippen molar-refractivity contribution in [2.45, 2.75) is 19.0 Å². The molecule has 1 fully saturated rings. The van der Waals surface area contributed by atoms with Crippen molar-refractivity contribution in [3.05, 3.63) is 107 Å². The molecule has 36 heavy (non-hydrogen) atoms. The van der Waals surface area contributed by atoms with E-state index in [1.165, 1.54) is 0 Å². The number of aryl methyl sites for hydroxylation is 1. The van der Waals surface area contributed by atoms with Crippen LogP contribution in [0.25, 0.3) is 5.69 Å². The topological polar surface area (TPSA) is 79.3 Å². The number of rotatable bonds is 6. The van der Waals surface area contributed by atoms with Gasteiger partial charge in [-0.05, 0) is 91.4 Å². The minimum Gasteiger partial charge on any atom is -0.351 e. The van der Waals surface area contributed by atoms with Crippen molar-refractivity contribution in [3.8, 4) is 5.69 Å². The summed E-state index contributed by atoms with van der Waals surface area (Å²) < 4.78 is 29.3. The first-order valence-electron chi connectivity index (χ1n) is 11.2. The Bertz CT molecular complexity index is 1520. The van der Waals surface area contributed by atoms with Gasteiger partial charge in [0.05, 0.1) is 23.7 Å². The molecular formula is C26H24BrN5O2S2. The molecule has 0 unspecified atom stereocenters. The van der Waals surface area contributed by atoms with Gasteiger partial charge in [0.15, 0.2) is 5.11 Å². The standard InChI is InChI=1S/C26H24BrN5O2S2/c1-17-16-20(12-13-21(17)30-36(2,33)34)32-25(24(29-26(32)35)22-6-3-4-14-28-22)23-7-5-15-31(23)19-10-8-18(27)9-11-19/h3-16,24-25,30H,1-2H3,(H,29,35)/t24-,25+/m1/s1. The van der Waals surface area contributed by atoms with E-state index in [9.17, 15) is 8.42 Å². The number of sulfonamides is 1. The van der Waals surface area contributed by atoms with Crippen LogP contribution in [0.5, 0.6) is 0 Å². The average Bonchev–Trinajstić information content (AvgIpc) is 3.45. The summed E-state index contributed by atoms with van der Waals surface area (Å²) in [5.41, 5.74) is 5.13. The van der Waals surface area contributed by atoms with E-state index in [2.05, 4.69) is 58.6 Å². The number of hydrogen-bond donors (Lipinski definition) is 2. The van der Waals surface area contributed by atoms with Crippen molar-refractivity contribution >= 4 is 54.7 Å². The summed E-state index contributed by atoms with van der Waals surface area (Å²) in [6.45, 7) is 1.87. The molecule has 2 aromatic carbocycles. The molecule has 0 radical (unpaired) electrons. The largest absolute Gasteiger partial charge is 0.351 e. The van der Waals surface area contributed by atoms with Gasteiger partial charge < -0.3 is 14.8 Å². The molecular weight excluding hydrogens is 558 g/mol. The predicted molar refractivity (Wildman–Crippen MR) is 151 cm³/mol. The lowest BCUT2D eigenvalue weighted by molar-refractivity contribution is 0.549. The summed E-state index contributed by atoms with van der Waals surface area (Å²) in [7, 11) is -3.39. The fraction of sp³-hybridized carbons (Fsp3) is 0.154. The molecule has 4 aromatic rings. The van der Waals surface area contributed by atoms with Crippen molar-refractivity contribution in [3.63, 3.8) is 0 Å². The molecule has 0 saturated carbocycles. The fourth-order valence-electron chi connectivity index (χ4n) is 4.52. The summed E-state index contributed by atoms with van der Waals surface area (Å²) in [5, 5.41) is 4.05. The molecule has 1 aliphatic heterocycles. The molecule has 0 bridgehead atoms. The molecule has 10 heteroatoms. The zero-order valence-electron chi connectivity index (χ0n) is 19.6. The van der Waals surface area contributed by atoms with Crippen LogP contribution in [0.2, 0.25) is 0 Å². The Balaban J connectivity index is 1.63. The molecule has 0 spiro atoms. The van der Waals surface area contributed by atoms with Crippen LogP contribution < -0.4 is 14.9 Å². The summed E-state index contributed by atoms with van der Waals surface area (Å²) >= 11 is 9.37. The molecule has 2 atom stereocenters. The maximum atomic E-state index is 11.8. The molecule has 3 heterocycles. The van der Waals surface area contributed by atoms with Gasteiger partial charge in [0.1, 0.15) is 6.04 Å². The van der Waals surface area contributed by atoms with E-state index in [-0.39, 0.29) is 12.1 Å². The minimum absolute atomic E-state index is 0.197. The Labute approximate surface area is 224 Å². The highest BCUT2D eigenvalue weighted by Gasteiger charge is 2.42. The van der Waals surface area contributed by atoms with Crippen molar-refractivity contribution in [2.75, 3.05) is 15.9 Å². The smallest absolute Gasteiger partial charge is 0.229 e. The van der Waals surface area contributed by atoms with Crippen molar-refractivity contribution in [1.29, 1.82) is 0 Å². The molecule has 1 aliphatic rings. The van der Waals surface area contributed by atoms with Gasteiger partial charge in [0.25, 0.3) is 0 Å². The second-order valence-electron chi connectivity index (χ2n) is 8.65. The number of pyridine rings is 1.